The Morgan fingerprint density at radius 2 is 2.06 bits per heavy atom. The van der Waals surface area contributed by atoms with E-state index in [4.69, 9.17) is 0 Å². The van der Waals surface area contributed by atoms with Gasteiger partial charge in [0.25, 0.3) is 0 Å². The van der Waals surface area contributed by atoms with Crippen LogP contribution in [0.3, 0.4) is 0 Å². The van der Waals surface area contributed by atoms with Crippen molar-refractivity contribution in [3.8, 4) is 0 Å². The molecule has 0 bridgehead atoms. The predicted molar refractivity (Wildman–Crippen MR) is 78.5 cm³/mol. The molecule has 3 nitrogen and oxygen atoms in total. The van der Waals surface area contributed by atoms with Crippen molar-refractivity contribution < 1.29 is 5.11 Å². The molecule has 0 aliphatic rings. The standard InChI is InChI=1S/C13H14Br2N2O/c1-3-17-12(11(15)7-16-17)13(18)9-4-8(2)5-10(14)6-9/h4-7,13,18H,3H2,1-2H3. The van der Waals surface area contributed by atoms with Crippen LogP contribution < -0.4 is 0 Å². The zero-order valence-electron chi connectivity index (χ0n) is 10.2. The first kappa shape index (κ1) is 13.8. The van der Waals surface area contributed by atoms with Gasteiger partial charge in [0, 0.05) is 11.0 Å². The predicted octanol–water partition coefficient (Wildman–Crippen LogP) is 3.82. The van der Waals surface area contributed by atoms with E-state index in [0.29, 0.717) is 0 Å². The van der Waals surface area contributed by atoms with Gasteiger partial charge in [-0.05, 0) is 53.0 Å². The molecule has 0 fully saturated rings. The highest BCUT2D eigenvalue weighted by atomic mass is 79.9. The van der Waals surface area contributed by atoms with E-state index in [0.717, 1.165) is 32.3 Å². The van der Waals surface area contributed by atoms with E-state index in [-0.39, 0.29) is 0 Å². The highest BCUT2D eigenvalue weighted by molar-refractivity contribution is 9.10. The molecule has 1 unspecified atom stereocenters. The van der Waals surface area contributed by atoms with Gasteiger partial charge in [0.2, 0.25) is 0 Å². The fourth-order valence-electron chi connectivity index (χ4n) is 1.98. The molecule has 0 spiro atoms. The molecule has 0 radical (unpaired) electrons. The van der Waals surface area contributed by atoms with Crippen molar-refractivity contribution in [1.29, 1.82) is 0 Å². The summed E-state index contributed by atoms with van der Waals surface area (Å²) < 4.78 is 3.59. The summed E-state index contributed by atoms with van der Waals surface area (Å²) in [7, 11) is 0. The molecule has 1 heterocycles. The van der Waals surface area contributed by atoms with Gasteiger partial charge >= 0.3 is 0 Å². The van der Waals surface area contributed by atoms with Crippen LogP contribution in [-0.4, -0.2) is 14.9 Å². The van der Waals surface area contributed by atoms with Gasteiger partial charge in [-0.3, -0.25) is 4.68 Å². The molecule has 0 saturated heterocycles. The van der Waals surface area contributed by atoms with Gasteiger partial charge in [-0.1, -0.05) is 22.0 Å². The third kappa shape index (κ3) is 2.68. The number of hydrogen-bond donors (Lipinski definition) is 1. The topological polar surface area (TPSA) is 38.0 Å². The van der Waals surface area contributed by atoms with Crippen LogP contribution in [0.1, 0.15) is 29.8 Å². The van der Waals surface area contributed by atoms with Crippen molar-refractivity contribution in [3.63, 3.8) is 0 Å². The van der Waals surface area contributed by atoms with Gasteiger partial charge in [0.05, 0.1) is 16.4 Å². The van der Waals surface area contributed by atoms with Crippen LogP contribution >= 0.6 is 31.9 Å². The largest absolute Gasteiger partial charge is 0.382 e. The minimum atomic E-state index is -0.682. The van der Waals surface area contributed by atoms with Crippen LogP contribution in [0, 0.1) is 6.92 Å². The Balaban J connectivity index is 2.47. The van der Waals surface area contributed by atoms with E-state index in [9.17, 15) is 5.11 Å². The normalized spacial score (nSPS) is 12.7. The molecule has 0 amide bonds. The zero-order valence-corrected chi connectivity index (χ0v) is 13.4. The summed E-state index contributed by atoms with van der Waals surface area (Å²) in [6, 6.07) is 5.92. The van der Waals surface area contributed by atoms with Crippen LogP contribution in [0.25, 0.3) is 0 Å². The summed E-state index contributed by atoms with van der Waals surface area (Å²) >= 11 is 6.89. The lowest BCUT2D eigenvalue weighted by molar-refractivity contribution is 0.207. The Hall–Kier alpha value is -0.650. The van der Waals surface area contributed by atoms with Crippen LogP contribution in [0.15, 0.2) is 33.3 Å². The first-order valence-electron chi connectivity index (χ1n) is 5.69. The molecule has 96 valence electrons. The lowest BCUT2D eigenvalue weighted by atomic mass is 10.0. The number of halogens is 2. The second-order valence-electron chi connectivity index (χ2n) is 4.16. The second kappa shape index (κ2) is 5.55. The zero-order chi connectivity index (χ0) is 13.3. The number of aliphatic hydroxyl groups is 1. The van der Waals surface area contributed by atoms with Crippen molar-refractivity contribution >= 4 is 31.9 Å². The molecule has 1 atom stereocenters. The van der Waals surface area contributed by atoms with Gasteiger partial charge in [-0.2, -0.15) is 5.10 Å². The van der Waals surface area contributed by atoms with E-state index in [1.165, 1.54) is 0 Å². The van der Waals surface area contributed by atoms with Crippen LogP contribution in [0.5, 0.6) is 0 Å². The number of aryl methyl sites for hydroxylation is 2. The molecule has 1 aromatic carbocycles. The summed E-state index contributed by atoms with van der Waals surface area (Å²) in [4.78, 5) is 0. The number of rotatable bonds is 3. The number of aliphatic hydroxyl groups excluding tert-OH is 1. The average Bonchev–Trinajstić information content (AvgIpc) is 2.68. The Kier molecular flexibility index (Phi) is 4.25. The van der Waals surface area contributed by atoms with E-state index < -0.39 is 6.10 Å². The highest BCUT2D eigenvalue weighted by Crippen LogP contribution is 2.30. The van der Waals surface area contributed by atoms with Gasteiger partial charge in [-0.25, -0.2) is 0 Å². The molecule has 2 aromatic rings. The van der Waals surface area contributed by atoms with Gasteiger partial charge in [0.15, 0.2) is 0 Å². The van der Waals surface area contributed by atoms with Gasteiger partial charge in [0.1, 0.15) is 6.10 Å². The number of benzene rings is 1. The molecule has 18 heavy (non-hydrogen) atoms. The SMILES string of the molecule is CCn1ncc(Br)c1C(O)c1cc(C)cc(Br)c1. The van der Waals surface area contributed by atoms with Crippen LogP contribution in [0.2, 0.25) is 0 Å². The van der Waals surface area contributed by atoms with Crippen molar-refractivity contribution in [2.24, 2.45) is 0 Å². The fourth-order valence-corrected chi connectivity index (χ4v) is 3.11. The van der Waals surface area contributed by atoms with Gasteiger partial charge < -0.3 is 5.11 Å². The summed E-state index contributed by atoms with van der Waals surface area (Å²) in [6.07, 6.45) is 1.03. The van der Waals surface area contributed by atoms with Crippen LogP contribution in [0.4, 0.5) is 0 Å². The number of hydrogen-bond acceptors (Lipinski definition) is 2. The minimum Gasteiger partial charge on any atom is -0.382 e. The molecule has 1 aromatic heterocycles. The molecule has 2 rings (SSSR count). The summed E-state index contributed by atoms with van der Waals surface area (Å²) in [5, 5.41) is 14.7. The van der Waals surface area contributed by atoms with E-state index >= 15 is 0 Å². The molecule has 0 saturated carbocycles. The van der Waals surface area contributed by atoms with E-state index in [1.54, 1.807) is 10.9 Å². The first-order valence-corrected chi connectivity index (χ1v) is 7.28. The lowest BCUT2D eigenvalue weighted by Crippen LogP contribution is -2.09. The Labute approximate surface area is 123 Å². The highest BCUT2D eigenvalue weighted by Gasteiger charge is 2.19. The summed E-state index contributed by atoms with van der Waals surface area (Å²) in [6.45, 7) is 4.74. The second-order valence-corrected chi connectivity index (χ2v) is 5.93. The Morgan fingerprint density at radius 3 is 2.67 bits per heavy atom. The average molecular weight is 374 g/mol. The monoisotopic (exact) mass is 372 g/mol. The van der Waals surface area contributed by atoms with E-state index in [2.05, 4.69) is 37.0 Å². The minimum absolute atomic E-state index is 0.682. The van der Waals surface area contributed by atoms with Crippen molar-refractivity contribution in [2.75, 3.05) is 0 Å². The molecule has 0 aliphatic heterocycles. The van der Waals surface area contributed by atoms with Crippen molar-refractivity contribution in [1.82, 2.24) is 9.78 Å². The summed E-state index contributed by atoms with van der Waals surface area (Å²) in [5.74, 6) is 0. The van der Waals surface area contributed by atoms with Crippen molar-refractivity contribution in [3.05, 3.63) is 50.2 Å². The fraction of sp³-hybridized carbons (Fsp3) is 0.308. The number of nitrogens with zero attached hydrogens (tertiary/aromatic N) is 2. The molecular weight excluding hydrogens is 360 g/mol. The van der Waals surface area contributed by atoms with Crippen molar-refractivity contribution in [2.45, 2.75) is 26.5 Å². The van der Waals surface area contributed by atoms with Crippen LogP contribution in [-0.2, 0) is 6.54 Å². The quantitative estimate of drug-likeness (QED) is 0.888. The maximum Gasteiger partial charge on any atom is 0.122 e. The number of aromatic nitrogens is 2. The van der Waals surface area contributed by atoms with Gasteiger partial charge in [-0.15, -0.1) is 0 Å². The molecule has 5 heteroatoms. The summed E-state index contributed by atoms with van der Waals surface area (Å²) in [5.41, 5.74) is 2.75. The third-order valence-electron chi connectivity index (χ3n) is 2.77. The molecule has 1 N–H and O–H groups in total. The smallest absolute Gasteiger partial charge is 0.122 e. The Bertz CT molecular complexity index is 546. The third-order valence-corrected chi connectivity index (χ3v) is 3.84. The maximum atomic E-state index is 10.5. The first-order chi connectivity index (χ1) is 8.52. The molecule has 0 aliphatic carbocycles. The Morgan fingerprint density at radius 1 is 1.33 bits per heavy atom. The molecular formula is C13H14Br2N2O. The lowest BCUT2D eigenvalue weighted by Gasteiger charge is -2.14. The van der Waals surface area contributed by atoms with E-state index in [1.807, 2.05) is 32.0 Å². The maximum absolute atomic E-state index is 10.5.